The number of piperidine rings is 1. The minimum atomic E-state index is -0.888. The van der Waals surface area contributed by atoms with Crippen molar-refractivity contribution in [1.29, 1.82) is 0 Å². The van der Waals surface area contributed by atoms with Crippen LogP contribution in [-0.4, -0.2) is 70.8 Å². The van der Waals surface area contributed by atoms with Gasteiger partial charge in [-0.1, -0.05) is 36.7 Å². The number of carbonyl (C=O) groups is 2. The summed E-state index contributed by atoms with van der Waals surface area (Å²) < 4.78 is 0.917. The molecule has 2 aliphatic rings. The van der Waals surface area contributed by atoms with Gasteiger partial charge < -0.3 is 20.2 Å². The third-order valence-corrected chi connectivity index (χ3v) is 6.19. The fourth-order valence-electron chi connectivity index (χ4n) is 4.27. The Labute approximate surface area is 174 Å². The molecule has 1 fully saturated rings. The van der Waals surface area contributed by atoms with E-state index in [-0.39, 0.29) is 29.7 Å². The van der Waals surface area contributed by atoms with Gasteiger partial charge in [0.2, 0.25) is 0 Å². The molecule has 1 aromatic carbocycles. The van der Waals surface area contributed by atoms with Crippen LogP contribution >= 0.6 is 15.9 Å². The van der Waals surface area contributed by atoms with E-state index < -0.39 is 6.09 Å². The molecule has 2 heterocycles. The van der Waals surface area contributed by atoms with Crippen LogP contribution in [0.2, 0.25) is 0 Å². The minimum absolute atomic E-state index is 0.0126. The summed E-state index contributed by atoms with van der Waals surface area (Å²) in [4.78, 5) is 30.6. The fraction of sp³-hybridized carbons (Fsp3) is 0.600. The average Bonchev–Trinajstić information content (AvgIpc) is 2.59. The number of anilines is 1. The van der Waals surface area contributed by atoms with Gasteiger partial charge in [0.25, 0.3) is 5.91 Å². The van der Waals surface area contributed by atoms with Gasteiger partial charge in [-0.2, -0.15) is 0 Å². The average molecular weight is 453 g/mol. The van der Waals surface area contributed by atoms with Crippen LogP contribution < -0.4 is 5.32 Å². The van der Waals surface area contributed by atoms with Crippen molar-refractivity contribution in [2.75, 3.05) is 26.0 Å². The molecule has 8 heteroatoms. The summed E-state index contributed by atoms with van der Waals surface area (Å²) in [5, 5.41) is 13.1. The summed E-state index contributed by atoms with van der Waals surface area (Å²) in [6.07, 6.45) is 0.0826. The van der Waals surface area contributed by atoms with E-state index in [4.69, 9.17) is 0 Å². The Morgan fingerprint density at radius 1 is 1.32 bits per heavy atom. The number of halogens is 1. The van der Waals surface area contributed by atoms with E-state index >= 15 is 0 Å². The van der Waals surface area contributed by atoms with E-state index in [1.54, 1.807) is 0 Å². The SMILES string of the molecule is CN(C)C1Nc2cc(Br)ccc2C(=O)N1C1CCN(C(=O)O)C(C(C)(C)C)C1. The molecule has 1 aromatic rings. The molecule has 2 amide bonds. The molecule has 154 valence electrons. The number of fused-ring (bicyclic) bond motifs is 1. The number of nitrogens with zero attached hydrogens (tertiary/aromatic N) is 3. The smallest absolute Gasteiger partial charge is 0.407 e. The van der Waals surface area contributed by atoms with Gasteiger partial charge in [-0.3, -0.25) is 9.69 Å². The maximum absolute atomic E-state index is 13.4. The van der Waals surface area contributed by atoms with Crippen LogP contribution in [-0.2, 0) is 0 Å². The summed E-state index contributed by atoms with van der Waals surface area (Å²) in [5.41, 5.74) is 1.25. The molecule has 2 aliphatic heterocycles. The van der Waals surface area contributed by atoms with Gasteiger partial charge in [0.15, 0.2) is 6.29 Å². The maximum atomic E-state index is 13.4. The fourth-order valence-corrected chi connectivity index (χ4v) is 4.64. The lowest BCUT2D eigenvalue weighted by atomic mass is 9.78. The highest BCUT2D eigenvalue weighted by atomic mass is 79.9. The Balaban J connectivity index is 1.95. The molecule has 3 atom stereocenters. The molecule has 0 aromatic heterocycles. The molecule has 3 rings (SSSR count). The van der Waals surface area contributed by atoms with E-state index in [9.17, 15) is 14.7 Å². The van der Waals surface area contributed by atoms with Crippen molar-refractivity contribution >= 4 is 33.6 Å². The first kappa shape index (κ1) is 20.9. The van der Waals surface area contributed by atoms with Gasteiger partial charge in [0, 0.05) is 23.1 Å². The van der Waals surface area contributed by atoms with Crippen molar-refractivity contribution in [3.63, 3.8) is 0 Å². The van der Waals surface area contributed by atoms with E-state index in [1.807, 2.05) is 42.1 Å². The summed E-state index contributed by atoms with van der Waals surface area (Å²) in [7, 11) is 3.88. The van der Waals surface area contributed by atoms with Crippen LogP contribution in [0.4, 0.5) is 10.5 Å². The van der Waals surface area contributed by atoms with Crippen LogP contribution in [0.15, 0.2) is 22.7 Å². The summed E-state index contributed by atoms with van der Waals surface area (Å²) in [6.45, 7) is 6.60. The molecule has 0 bridgehead atoms. The molecule has 1 saturated heterocycles. The normalized spacial score (nSPS) is 25.5. The number of hydrogen-bond donors (Lipinski definition) is 2. The molecule has 0 aliphatic carbocycles. The lowest BCUT2D eigenvalue weighted by Crippen LogP contribution is -2.63. The molecule has 0 spiro atoms. The summed E-state index contributed by atoms with van der Waals surface area (Å²) in [6, 6.07) is 5.44. The van der Waals surface area contributed by atoms with Crippen molar-refractivity contribution in [1.82, 2.24) is 14.7 Å². The predicted molar refractivity (Wildman–Crippen MR) is 112 cm³/mol. The Morgan fingerprint density at radius 2 is 2.00 bits per heavy atom. The highest BCUT2D eigenvalue weighted by molar-refractivity contribution is 9.10. The van der Waals surface area contributed by atoms with Crippen LogP contribution in [0.3, 0.4) is 0 Å². The second-order valence-corrected chi connectivity index (χ2v) is 9.84. The number of hydrogen-bond acceptors (Lipinski definition) is 4. The second-order valence-electron chi connectivity index (χ2n) is 8.92. The number of carbonyl (C=O) groups excluding carboxylic acids is 1. The molecular formula is C20H29BrN4O3. The lowest BCUT2D eigenvalue weighted by Gasteiger charge is -2.51. The van der Waals surface area contributed by atoms with Gasteiger partial charge >= 0.3 is 6.09 Å². The zero-order valence-electron chi connectivity index (χ0n) is 17.1. The topological polar surface area (TPSA) is 76.1 Å². The van der Waals surface area contributed by atoms with E-state index in [0.29, 0.717) is 24.9 Å². The summed E-state index contributed by atoms with van der Waals surface area (Å²) in [5.74, 6) is -0.0126. The minimum Gasteiger partial charge on any atom is -0.465 e. The van der Waals surface area contributed by atoms with Gasteiger partial charge in [0.1, 0.15) is 0 Å². The van der Waals surface area contributed by atoms with Crippen molar-refractivity contribution < 1.29 is 14.7 Å². The zero-order chi connectivity index (χ0) is 20.8. The zero-order valence-corrected chi connectivity index (χ0v) is 18.7. The van der Waals surface area contributed by atoms with Crippen LogP contribution in [0.5, 0.6) is 0 Å². The van der Waals surface area contributed by atoms with E-state index in [2.05, 4.69) is 42.0 Å². The Bertz CT molecular complexity index is 777. The first-order chi connectivity index (χ1) is 13.0. The van der Waals surface area contributed by atoms with Crippen LogP contribution in [0, 0.1) is 5.41 Å². The maximum Gasteiger partial charge on any atom is 0.407 e. The number of nitrogens with one attached hydrogen (secondary N) is 1. The van der Waals surface area contributed by atoms with Crippen molar-refractivity contribution in [3.8, 4) is 0 Å². The van der Waals surface area contributed by atoms with Gasteiger partial charge in [-0.15, -0.1) is 0 Å². The third kappa shape index (κ3) is 3.85. The molecule has 0 saturated carbocycles. The van der Waals surface area contributed by atoms with Gasteiger partial charge in [0.05, 0.1) is 11.3 Å². The molecular weight excluding hydrogens is 424 g/mol. The molecule has 2 N–H and O–H groups in total. The quantitative estimate of drug-likeness (QED) is 0.714. The largest absolute Gasteiger partial charge is 0.465 e. The van der Waals surface area contributed by atoms with Crippen LogP contribution in [0.25, 0.3) is 0 Å². The van der Waals surface area contributed by atoms with Gasteiger partial charge in [-0.25, -0.2) is 4.79 Å². The molecule has 28 heavy (non-hydrogen) atoms. The Morgan fingerprint density at radius 3 is 2.57 bits per heavy atom. The number of amides is 2. The number of carboxylic acid groups (broad SMARTS) is 1. The third-order valence-electron chi connectivity index (χ3n) is 5.70. The molecule has 0 radical (unpaired) electrons. The van der Waals surface area contributed by atoms with E-state index in [1.165, 1.54) is 4.90 Å². The van der Waals surface area contributed by atoms with Crippen molar-refractivity contribution in [3.05, 3.63) is 28.2 Å². The van der Waals surface area contributed by atoms with Crippen molar-refractivity contribution in [2.45, 2.75) is 52.0 Å². The van der Waals surface area contributed by atoms with Crippen molar-refractivity contribution in [2.24, 2.45) is 5.41 Å². The first-order valence-electron chi connectivity index (χ1n) is 9.55. The molecule has 7 nitrogen and oxygen atoms in total. The monoisotopic (exact) mass is 452 g/mol. The number of rotatable bonds is 2. The second kappa shape index (κ2) is 7.55. The predicted octanol–water partition coefficient (Wildman–Crippen LogP) is 3.72. The molecule has 3 unspecified atom stereocenters. The first-order valence-corrected chi connectivity index (χ1v) is 10.3. The summed E-state index contributed by atoms with van der Waals surface area (Å²) >= 11 is 3.47. The highest BCUT2D eigenvalue weighted by Gasteiger charge is 2.45. The highest BCUT2D eigenvalue weighted by Crippen LogP contribution is 2.37. The number of likely N-dealkylation sites (tertiary alicyclic amines) is 1. The Kier molecular flexibility index (Phi) is 5.64. The van der Waals surface area contributed by atoms with Crippen LogP contribution in [0.1, 0.15) is 44.0 Å². The van der Waals surface area contributed by atoms with Gasteiger partial charge in [-0.05, 0) is 50.6 Å². The number of benzene rings is 1. The Hall–Kier alpha value is -1.80. The standard InChI is InChI=1S/C20H29BrN4O3/c1-20(2,3)16-11-13(8-9-24(16)19(27)28)25-17(26)14-7-6-12(21)10-15(14)22-18(25)23(4)5/h6-7,10,13,16,18,22H,8-9,11H2,1-5H3,(H,27,28). The lowest BCUT2D eigenvalue weighted by molar-refractivity contribution is -0.00795. The van der Waals surface area contributed by atoms with E-state index in [0.717, 1.165) is 10.2 Å².